The summed E-state index contributed by atoms with van der Waals surface area (Å²) in [6, 6.07) is 0. The van der Waals surface area contributed by atoms with Gasteiger partial charge in [0.1, 0.15) is 0 Å². The summed E-state index contributed by atoms with van der Waals surface area (Å²) in [7, 11) is -6.87. The van der Waals surface area contributed by atoms with Crippen molar-refractivity contribution in [1.82, 2.24) is 0 Å². The first kappa shape index (κ1) is 14.9. The van der Waals surface area contributed by atoms with Gasteiger partial charge in [0.2, 0.25) is 0 Å². The van der Waals surface area contributed by atoms with Crippen LogP contribution in [0.1, 0.15) is 19.3 Å². The maximum Gasteiger partial charge on any atom is 0.264 e. The van der Waals surface area contributed by atoms with Crippen LogP contribution in [0.15, 0.2) is 0 Å². The van der Waals surface area contributed by atoms with Gasteiger partial charge in [-0.2, -0.15) is 16.8 Å². The molecule has 0 heterocycles. The Kier molecular flexibility index (Phi) is 4.94. The summed E-state index contributed by atoms with van der Waals surface area (Å²) in [4.78, 5) is 0. The smallest absolute Gasteiger partial charge is 0.264 e. The van der Waals surface area contributed by atoms with Gasteiger partial charge in [0, 0.05) is 0 Å². The Bertz CT molecular complexity index is 396. The second kappa shape index (κ2) is 5.64. The van der Waals surface area contributed by atoms with Crippen LogP contribution in [0.5, 0.6) is 0 Å². The quantitative estimate of drug-likeness (QED) is 0.655. The van der Waals surface area contributed by atoms with Crippen LogP contribution in [-0.4, -0.2) is 42.6 Å². The van der Waals surface area contributed by atoms with E-state index in [-0.39, 0.29) is 25.0 Å². The average molecular weight is 286 g/mol. The highest BCUT2D eigenvalue weighted by atomic mass is 32.2. The molecule has 1 aliphatic rings. The molecule has 0 radical (unpaired) electrons. The van der Waals surface area contributed by atoms with E-state index in [1.54, 1.807) is 0 Å². The van der Waals surface area contributed by atoms with Crippen LogP contribution >= 0.6 is 0 Å². The van der Waals surface area contributed by atoms with Gasteiger partial charge >= 0.3 is 0 Å². The zero-order chi connectivity index (χ0) is 13.1. The summed E-state index contributed by atoms with van der Waals surface area (Å²) in [5.74, 6) is 0.0953. The highest BCUT2D eigenvalue weighted by Gasteiger charge is 2.29. The van der Waals surface area contributed by atoms with Crippen molar-refractivity contribution in [2.24, 2.45) is 11.8 Å². The van der Waals surface area contributed by atoms with Crippen molar-refractivity contribution in [3.8, 4) is 0 Å². The molecule has 1 fully saturated rings. The van der Waals surface area contributed by atoms with E-state index in [1.165, 1.54) is 0 Å². The van der Waals surface area contributed by atoms with Gasteiger partial charge in [0.25, 0.3) is 20.2 Å². The molecule has 6 nitrogen and oxygen atoms in total. The summed E-state index contributed by atoms with van der Waals surface area (Å²) < 4.78 is 52.9. The predicted octanol–water partition coefficient (Wildman–Crippen LogP) is 0.355. The third-order valence-corrected chi connectivity index (χ3v) is 3.94. The maximum absolute atomic E-state index is 10.9. The fraction of sp³-hybridized carbons (Fsp3) is 1.00. The monoisotopic (exact) mass is 286 g/mol. The van der Waals surface area contributed by atoms with Gasteiger partial charge in [-0.25, -0.2) is 0 Å². The molecule has 0 saturated heterocycles. The molecule has 2 atom stereocenters. The zero-order valence-electron chi connectivity index (χ0n) is 9.96. The summed E-state index contributed by atoms with van der Waals surface area (Å²) in [5, 5.41) is 0. The van der Waals surface area contributed by atoms with Crippen LogP contribution in [0.2, 0.25) is 0 Å². The largest absolute Gasteiger partial charge is 0.270 e. The normalized spacial score (nSPS) is 26.2. The minimum absolute atomic E-state index is 0.0477. The molecule has 0 spiro atoms. The molecule has 17 heavy (non-hydrogen) atoms. The van der Waals surface area contributed by atoms with E-state index in [9.17, 15) is 16.8 Å². The van der Waals surface area contributed by atoms with Crippen molar-refractivity contribution in [3.63, 3.8) is 0 Å². The maximum atomic E-state index is 10.9. The van der Waals surface area contributed by atoms with Gasteiger partial charge < -0.3 is 0 Å². The lowest BCUT2D eigenvalue weighted by Gasteiger charge is -2.18. The first-order chi connectivity index (χ1) is 7.67. The molecule has 0 aromatic heterocycles. The molecule has 0 aliphatic heterocycles. The molecule has 102 valence electrons. The third-order valence-electron chi connectivity index (χ3n) is 2.81. The van der Waals surface area contributed by atoms with E-state index < -0.39 is 20.2 Å². The van der Waals surface area contributed by atoms with Crippen molar-refractivity contribution in [2.45, 2.75) is 19.3 Å². The van der Waals surface area contributed by atoms with Gasteiger partial charge in [0.05, 0.1) is 25.7 Å². The van der Waals surface area contributed by atoms with Crippen molar-refractivity contribution in [2.75, 3.05) is 25.7 Å². The first-order valence-electron chi connectivity index (χ1n) is 5.36. The molecule has 1 saturated carbocycles. The Morgan fingerprint density at radius 1 is 0.882 bits per heavy atom. The highest BCUT2D eigenvalue weighted by Crippen LogP contribution is 2.32. The molecule has 8 heteroatoms. The van der Waals surface area contributed by atoms with Crippen molar-refractivity contribution >= 4 is 20.2 Å². The molecule has 0 bridgehead atoms. The van der Waals surface area contributed by atoms with E-state index in [4.69, 9.17) is 8.37 Å². The average Bonchev–Trinajstić information content (AvgIpc) is 2.56. The Labute approximate surface area is 103 Å². The van der Waals surface area contributed by atoms with E-state index in [0.29, 0.717) is 0 Å². The van der Waals surface area contributed by atoms with Crippen molar-refractivity contribution < 1.29 is 25.2 Å². The fourth-order valence-corrected chi connectivity index (χ4v) is 2.82. The highest BCUT2D eigenvalue weighted by molar-refractivity contribution is 7.86. The molecule has 2 unspecified atom stereocenters. The summed E-state index contributed by atoms with van der Waals surface area (Å²) in [6.07, 6.45) is 4.63. The Hall–Kier alpha value is -0.180. The minimum Gasteiger partial charge on any atom is -0.270 e. The van der Waals surface area contributed by atoms with Crippen LogP contribution in [0.4, 0.5) is 0 Å². The van der Waals surface area contributed by atoms with Crippen LogP contribution in [0.3, 0.4) is 0 Å². The van der Waals surface area contributed by atoms with Crippen LogP contribution in [0, 0.1) is 11.8 Å². The SMILES string of the molecule is CS(=O)(=O)OCC1CCCC1COS(C)(=O)=O. The fourth-order valence-electron chi connectivity index (χ4n) is 1.97. The lowest BCUT2D eigenvalue weighted by Crippen LogP contribution is -2.22. The zero-order valence-corrected chi connectivity index (χ0v) is 11.6. The van der Waals surface area contributed by atoms with E-state index in [1.807, 2.05) is 0 Å². The molecule has 0 aromatic carbocycles. The van der Waals surface area contributed by atoms with Gasteiger partial charge in [-0.05, 0) is 24.7 Å². The molecule has 0 aromatic rings. The second-order valence-corrected chi connectivity index (χ2v) is 7.72. The van der Waals surface area contributed by atoms with E-state index in [0.717, 1.165) is 31.8 Å². The third kappa shape index (κ3) is 6.35. The van der Waals surface area contributed by atoms with Crippen LogP contribution in [0.25, 0.3) is 0 Å². The van der Waals surface area contributed by atoms with Gasteiger partial charge in [-0.1, -0.05) is 6.42 Å². The number of rotatable bonds is 6. The van der Waals surface area contributed by atoms with Gasteiger partial charge in [0.15, 0.2) is 0 Å². The number of hydrogen-bond acceptors (Lipinski definition) is 6. The molecule has 1 aliphatic carbocycles. The molecular weight excluding hydrogens is 268 g/mol. The first-order valence-corrected chi connectivity index (χ1v) is 8.99. The lowest BCUT2D eigenvalue weighted by atomic mass is 9.98. The molecular formula is C9H18O6S2. The standard InChI is InChI=1S/C9H18O6S2/c1-16(10,11)14-6-8-4-3-5-9(8)7-15-17(2,12)13/h8-9H,3-7H2,1-2H3. The van der Waals surface area contributed by atoms with E-state index >= 15 is 0 Å². The molecule has 0 N–H and O–H groups in total. The molecule has 1 rings (SSSR count). The Morgan fingerprint density at radius 2 is 1.24 bits per heavy atom. The van der Waals surface area contributed by atoms with Gasteiger partial charge in [-0.3, -0.25) is 8.37 Å². The van der Waals surface area contributed by atoms with Crippen molar-refractivity contribution in [3.05, 3.63) is 0 Å². The summed E-state index contributed by atoms with van der Waals surface area (Å²) >= 11 is 0. The lowest BCUT2D eigenvalue weighted by molar-refractivity contribution is 0.170. The predicted molar refractivity (Wildman–Crippen MR) is 62.4 cm³/mol. The summed E-state index contributed by atoms with van der Waals surface area (Å²) in [5.41, 5.74) is 0. The second-order valence-electron chi connectivity index (χ2n) is 4.43. The van der Waals surface area contributed by atoms with Gasteiger partial charge in [-0.15, -0.1) is 0 Å². The number of hydrogen-bond donors (Lipinski definition) is 0. The molecule has 0 amide bonds. The summed E-state index contributed by atoms with van der Waals surface area (Å²) in [6.45, 7) is 0.216. The van der Waals surface area contributed by atoms with Crippen molar-refractivity contribution in [1.29, 1.82) is 0 Å². The Balaban J connectivity index is 2.44. The minimum atomic E-state index is -3.44. The van der Waals surface area contributed by atoms with Crippen LogP contribution < -0.4 is 0 Å². The Morgan fingerprint density at radius 3 is 1.53 bits per heavy atom. The van der Waals surface area contributed by atoms with E-state index in [2.05, 4.69) is 0 Å². The topological polar surface area (TPSA) is 86.7 Å². The van der Waals surface area contributed by atoms with Crippen LogP contribution in [-0.2, 0) is 28.6 Å².